The molecule has 0 radical (unpaired) electrons. The number of nitrogens with zero attached hydrogens (tertiary/aromatic N) is 1. The van der Waals surface area contributed by atoms with Gasteiger partial charge in [-0.2, -0.15) is 0 Å². The Morgan fingerprint density at radius 1 is 1.53 bits per heavy atom. The molecular formula is C14H24N2O. The van der Waals surface area contributed by atoms with Gasteiger partial charge in [0.05, 0.1) is 18.6 Å². The van der Waals surface area contributed by atoms with E-state index >= 15 is 0 Å². The molecule has 3 heteroatoms. The number of rotatable bonds is 3. The number of hydrogen-bond donors (Lipinski definition) is 1. The molecule has 0 spiro atoms. The van der Waals surface area contributed by atoms with Crippen LogP contribution in [-0.4, -0.2) is 24.5 Å². The standard InChI is InChI=1S/C14H24N2O/c1-11-5-4-7-14(9-11,16(2)3)13(15)12-6-8-17-10-12/h6,8,10-11,13H,4-5,7,9,15H2,1-3H3. The molecule has 1 aromatic rings. The Morgan fingerprint density at radius 3 is 2.82 bits per heavy atom. The monoisotopic (exact) mass is 236 g/mol. The summed E-state index contributed by atoms with van der Waals surface area (Å²) in [6, 6.07) is 2.04. The van der Waals surface area contributed by atoms with Crippen LogP contribution in [0.3, 0.4) is 0 Å². The summed E-state index contributed by atoms with van der Waals surface area (Å²) >= 11 is 0. The first-order chi connectivity index (χ1) is 8.06. The Balaban J connectivity index is 2.27. The van der Waals surface area contributed by atoms with E-state index in [0.29, 0.717) is 0 Å². The minimum Gasteiger partial charge on any atom is -0.472 e. The summed E-state index contributed by atoms with van der Waals surface area (Å²) < 4.78 is 5.18. The molecule has 3 unspecified atom stereocenters. The van der Waals surface area contributed by atoms with Crippen LogP contribution in [0.2, 0.25) is 0 Å². The topological polar surface area (TPSA) is 42.4 Å². The molecule has 1 aromatic heterocycles. The second-order valence-corrected chi connectivity index (χ2v) is 5.73. The third kappa shape index (κ3) is 2.26. The summed E-state index contributed by atoms with van der Waals surface area (Å²) in [5, 5.41) is 0. The summed E-state index contributed by atoms with van der Waals surface area (Å²) in [6.45, 7) is 2.33. The lowest BCUT2D eigenvalue weighted by atomic mass is 9.70. The molecule has 1 heterocycles. The van der Waals surface area contributed by atoms with E-state index in [1.165, 1.54) is 25.7 Å². The van der Waals surface area contributed by atoms with Crippen molar-refractivity contribution >= 4 is 0 Å². The zero-order chi connectivity index (χ0) is 12.5. The van der Waals surface area contributed by atoms with Crippen molar-refractivity contribution in [1.82, 2.24) is 4.90 Å². The summed E-state index contributed by atoms with van der Waals surface area (Å²) in [5.74, 6) is 0.754. The van der Waals surface area contributed by atoms with Crippen molar-refractivity contribution in [3.8, 4) is 0 Å². The minimum absolute atomic E-state index is 0.0407. The van der Waals surface area contributed by atoms with Gasteiger partial charge >= 0.3 is 0 Å². The fraction of sp³-hybridized carbons (Fsp3) is 0.714. The molecule has 0 amide bonds. The number of nitrogens with two attached hydrogens (primary N) is 1. The Labute approximate surface area is 104 Å². The van der Waals surface area contributed by atoms with Crippen molar-refractivity contribution in [2.75, 3.05) is 14.1 Å². The molecule has 1 aliphatic rings. The summed E-state index contributed by atoms with van der Waals surface area (Å²) in [5.41, 5.74) is 7.71. The van der Waals surface area contributed by atoms with Crippen molar-refractivity contribution in [2.24, 2.45) is 11.7 Å². The van der Waals surface area contributed by atoms with Crippen molar-refractivity contribution in [1.29, 1.82) is 0 Å². The summed E-state index contributed by atoms with van der Waals surface area (Å²) in [6.07, 6.45) is 8.45. The average Bonchev–Trinajstić information content (AvgIpc) is 2.81. The molecule has 0 saturated heterocycles. The Bertz CT molecular complexity index is 347. The Kier molecular flexibility index (Phi) is 3.59. The van der Waals surface area contributed by atoms with Gasteiger partial charge in [0.25, 0.3) is 0 Å². The number of hydrogen-bond acceptors (Lipinski definition) is 3. The van der Waals surface area contributed by atoms with E-state index in [1.54, 1.807) is 12.5 Å². The summed E-state index contributed by atoms with van der Waals surface area (Å²) in [4.78, 5) is 2.32. The minimum atomic E-state index is 0.0407. The van der Waals surface area contributed by atoms with Crippen LogP contribution < -0.4 is 5.73 Å². The zero-order valence-corrected chi connectivity index (χ0v) is 11.1. The van der Waals surface area contributed by atoms with Crippen molar-refractivity contribution in [2.45, 2.75) is 44.2 Å². The van der Waals surface area contributed by atoms with Crippen LogP contribution >= 0.6 is 0 Å². The molecule has 2 N–H and O–H groups in total. The van der Waals surface area contributed by atoms with Gasteiger partial charge in [-0.15, -0.1) is 0 Å². The third-order valence-electron chi connectivity index (χ3n) is 4.38. The van der Waals surface area contributed by atoms with Crippen LogP contribution in [0.25, 0.3) is 0 Å². The summed E-state index contributed by atoms with van der Waals surface area (Å²) in [7, 11) is 4.30. The molecule has 3 nitrogen and oxygen atoms in total. The Hall–Kier alpha value is -0.800. The maximum atomic E-state index is 6.51. The fourth-order valence-corrected chi connectivity index (χ4v) is 3.29. The van der Waals surface area contributed by atoms with Crippen LogP contribution in [-0.2, 0) is 0 Å². The van der Waals surface area contributed by atoms with E-state index in [2.05, 4.69) is 25.9 Å². The van der Waals surface area contributed by atoms with E-state index in [0.717, 1.165) is 11.5 Å². The second-order valence-electron chi connectivity index (χ2n) is 5.73. The molecule has 96 valence electrons. The average molecular weight is 236 g/mol. The smallest absolute Gasteiger partial charge is 0.0951 e. The molecule has 17 heavy (non-hydrogen) atoms. The zero-order valence-electron chi connectivity index (χ0n) is 11.1. The first-order valence-corrected chi connectivity index (χ1v) is 6.51. The highest BCUT2D eigenvalue weighted by Crippen LogP contribution is 2.42. The lowest BCUT2D eigenvalue weighted by Gasteiger charge is -2.48. The molecule has 0 bridgehead atoms. The SMILES string of the molecule is CC1CCCC(C(N)c2ccoc2)(N(C)C)C1. The van der Waals surface area contributed by atoms with Crippen LogP contribution in [0, 0.1) is 5.92 Å². The maximum Gasteiger partial charge on any atom is 0.0951 e. The predicted octanol–water partition coefficient (Wildman–Crippen LogP) is 2.79. The predicted molar refractivity (Wildman–Crippen MR) is 69.7 cm³/mol. The number of likely N-dealkylation sites (N-methyl/N-ethyl adjacent to an activating group) is 1. The highest BCUT2D eigenvalue weighted by Gasteiger charge is 2.42. The quantitative estimate of drug-likeness (QED) is 0.877. The van der Waals surface area contributed by atoms with Crippen LogP contribution in [0.1, 0.15) is 44.2 Å². The highest BCUT2D eigenvalue weighted by molar-refractivity contribution is 5.18. The molecular weight excluding hydrogens is 212 g/mol. The van der Waals surface area contributed by atoms with Gasteiger partial charge < -0.3 is 15.1 Å². The third-order valence-corrected chi connectivity index (χ3v) is 4.38. The molecule has 1 aliphatic carbocycles. The van der Waals surface area contributed by atoms with E-state index in [9.17, 15) is 0 Å². The Morgan fingerprint density at radius 2 is 2.29 bits per heavy atom. The molecule has 2 rings (SSSR count). The van der Waals surface area contributed by atoms with Gasteiger partial charge in [-0.05, 0) is 38.9 Å². The van der Waals surface area contributed by atoms with E-state index in [1.807, 2.05) is 6.07 Å². The first kappa shape index (κ1) is 12.7. The van der Waals surface area contributed by atoms with Gasteiger partial charge in [-0.3, -0.25) is 0 Å². The van der Waals surface area contributed by atoms with Gasteiger partial charge in [0, 0.05) is 11.1 Å². The van der Waals surface area contributed by atoms with E-state index in [-0.39, 0.29) is 11.6 Å². The van der Waals surface area contributed by atoms with Gasteiger partial charge in [0.15, 0.2) is 0 Å². The molecule has 3 atom stereocenters. The van der Waals surface area contributed by atoms with Gasteiger partial charge in [0.2, 0.25) is 0 Å². The van der Waals surface area contributed by atoms with Crippen molar-refractivity contribution in [3.63, 3.8) is 0 Å². The van der Waals surface area contributed by atoms with Crippen LogP contribution in [0.5, 0.6) is 0 Å². The van der Waals surface area contributed by atoms with Crippen LogP contribution in [0.4, 0.5) is 0 Å². The van der Waals surface area contributed by atoms with Crippen molar-refractivity contribution < 1.29 is 4.42 Å². The normalized spacial score (nSPS) is 31.7. The molecule has 0 aliphatic heterocycles. The van der Waals surface area contributed by atoms with Gasteiger partial charge in [0.1, 0.15) is 0 Å². The van der Waals surface area contributed by atoms with E-state index in [4.69, 9.17) is 10.2 Å². The largest absolute Gasteiger partial charge is 0.472 e. The van der Waals surface area contributed by atoms with Gasteiger partial charge in [-0.1, -0.05) is 19.8 Å². The molecule has 1 saturated carbocycles. The maximum absolute atomic E-state index is 6.51. The van der Waals surface area contributed by atoms with Gasteiger partial charge in [-0.25, -0.2) is 0 Å². The highest BCUT2D eigenvalue weighted by atomic mass is 16.3. The van der Waals surface area contributed by atoms with E-state index < -0.39 is 0 Å². The van der Waals surface area contributed by atoms with Crippen molar-refractivity contribution in [3.05, 3.63) is 24.2 Å². The van der Waals surface area contributed by atoms with Crippen LogP contribution in [0.15, 0.2) is 23.0 Å². The lowest BCUT2D eigenvalue weighted by molar-refractivity contribution is 0.0498. The second kappa shape index (κ2) is 4.83. The molecule has 1 fully saturated rings. The first-order valence-electron chi connectivity index (χ1n) is 6.51. The number of furan rings is 1. The molecule has 0 aromatic carbocycles. The lowest BCUT2D eigenvalue weighted by Crippen LogP contribution is -2.54. The fourth-order valence-electron chi connectivity index (χ4n) is 3.29.